The molecule has 2 rings (SSSR count). The van der Waals surface area contributed by atoms with Gasteiger partial charge in [-0.05, 0) is 23.6 Å². The molecular weight excluding hydrogens is 400 g/mol. The number of phenols is 1. The monoisotopic (exact) mass is 430 g/mol. The van der Waals surface area contributed by atoms with Crippen molar-refractivity contribution in [2.75, 3.05) is 19.7 Å². The molecule has 0 aromatic heterocycles. The predicted molar refractivity (Wildman–Crippen MR) is 115 cm³/mol. The molecule has 2 aromatic carbocycles. The molecule has 0 bridgehead atoms. The number of carbonyl (C=O) groups is 1. The van der Waals surface area contributed by atoms with Gasteiger partial charge in [0, 0.05) is 43.9 Å². The van der Waals surface area contributed by atoms with Crippen molar-refractivity contribution in [3.8, 4) is 5.75 Å². The molecule has 0 heterocycles. The van der Waals surface area contributed by atoms with Gasteiger partial charge in [-0.3, -0.25) is 14.6 Å². The van der Waals surface area contributed by atoms with Crippen molar-refractivity contribution in [3.05, 3.63) is 71.3 Å². The summed E-state index contributed by atoms with van der Waals surface area (Å²) < 4.78 is 0. The van der Waals surface area contributed by atoms with Crippen LogP contribution in [0, 0.1) is 14.0 Å². The van der Waals surface area contributed by atoms with Crippen LogP contribution in [0.1, 0.15) is 27.8 Å². The van der Waals surface area contributed by atoms with Crippen LogP contribution in [0.4, 0.5) is 0 Å². The first kappa shape index (κ1) is 24.8. The summed E-state index contributed by atoms with van der Waals surface area (Å²) in [6.07, 6.45) is 0. The molecule has 8 heteroatoms. The summed E-state index contributed by atoms with van der Waals surface area (Å²) in [5.41, 5.74) is 3.38. The Labute approximate surface area is 182 Å². The summed E-state index contributed by atoms with van der Waals surface area (Å²) in [4.78, 5) is 14.5. The molecule has 0 spiro atoms. The van der Waals surface area contributed by atoms with E-state index in [1.807, 2.05) is 13.0 Å². The van der Waals surface area contributed by atoms with Crippen LogP contribution in [0.3, 0.4) is 0 Å². The van der Waals surface area contributed by atoms with Gasteiger partial charge in [0.1, 0.15) is 5.75 Å². The predicted octanol–water partition coefficient (Wildman–Crippen LogP) is 1.10. The fourth-order valence-corrected chi connectivity index (χ4v) is 3.53. The van der Waals surface area contributed by atoms with Gasteiger partial charge in [0.15, 0.2) is 0 Å². The van der Waals surface area contributed by atoms with E-state index >= 15 is 0 Å². The number of hydrogen-bond donors (Lipinski definition) is 5. The Bertz CT molecular complexity index is 873. The lowest BCUT2D eigenvalue weighted by molar-refractivity contribution is -0.139. The van der Waals surface area contributed by atoms with E-state index in [-0.39, 0.29) is 51.7 Å². The van der Waals surface area contributed by atoms with Crippen molar-refractivity contribution in [1.82, 2.24) is 9.80 Å². The molecule has 0 aliphatic rings. The van der Waals surface area contributed by atoms with Crippen LogP contribution in [-0.2, 0) is 31.1 Å². The lowest BCUT2D eigenvalue weighted by atomic mass is 10.0. The topological polar surface area (TPSA) is 125 Å². The zero-order valence-corrected chi connectivity index (χ0v) is 17.6. The number of benzene rings is 2. The molecular formula is C23H30N2O6. The number of carboxylic acid groups (broad SMARTS) is 1. The number of carboxylic acids is 1. The van der Waals surface area contributed by atoms with Gasteiger partial charge < -0.3 is 25.5 Å². The maximum atomic E-state index is 11.5. The second-order valence-corrected chi connectivity index (χ2v) is 7.51. The van der Waals surface area contributed by atoms with E-state index in [0.717, 1.165) is 16.7 Å². The average molecular weight is 431 g/mol. The zero-order valence-electron chi connectivity index (χ0n) is 17.6. The molecule has 0 saturated carbocycles. The number of para-hydroxylation sites is 1. The Morgan fingerprint density at radius 1 is 0.968 bits per heavy atom. The van der Waals surface area contributed by atoms with Crippen molar-refractivity contribution < 1.29 is 30.3 Å². The van der Waals surface area contributed by atoms with E-state index < -0.39 is 12.0 Å². The third-order valence-corrected chi connectivity index (χ3v) is 5.36. The number of aliphatic hydroxyl groups excluding tert-OH is 3. The molecule has 8 nitrogen and oxygen atoms in total. The van der Waals surface area contributed by atoms with Crippen molar-refractivity contribution in [2.24, 2.45) is 0 Å². The largest absolute Gasteiger partial charge is 0.507 e. The summed E-state index contributed by atoms with van der Waals surface area (Å²) in [7, 11) is 6.12. The Morgan fingerprint density at radius 3 is 2.13 bits per heavy atom. The minimum atomic E-state index is -1.04. The van der Waals surface area contributed by atoms with Crippen LogP contribution < -0.4 is 0 Å². The summed E-state index contributed by atoms with van der Waals surface area (Å²) in [5, 5.41) is 48.4. The molecule has 0 saturated heterocycles. The number of rotatable bonds is 12. The van der Waals surface area contributed by atoms with Gasteiger partial charge in [0.05, 0.1) is 26.4 Å². The summed E-state index contributed by atoms with van der Waals surface area (Å²) in [5.74, 6) is -1.08. The van der Waals surface area contributed by atoms with E-state index in [1.165, 1.54) is 4.90 Å². The highest BCUT2D eigenvalue weighted by atomic mass is 16.4. The molecule has 1 atom stereocenters. The smallest absolute Gasteiger partial charge is 0.317 e. The SMILES string of the molecule is [CH]N(Cc1cccc(CO)c1O)CC(CO)N(CC(=O)O)Cc1cccc(CO)c1C. The Morgan fingerprint density at radius 2 is 1.55 bits per heavy atom. The van der Waals surface area contributed by atoms with Crippen LogP contribution >= 0.6 is 0 Å². The lowest BCUT2D eigenvalue weighted by Crippen LogP contribution is -2.46. The van der Waals surface area contributed by atoms with Gasteiger partial charge in [-0.25, -0.2) is 0 Å². The second kappa shape index (κ2) is 11.8. The van der Waals surface area contributed by atoms with Crippen LogP contribution in [0.25, 0.3) is 0 Å². The summed E-state index contributed by atoms with van der Waals surface area (Å²) in [6.45, 7) is 1.38. The minimum absolute atomic E-state index is 0.0418. The first-order valence-electron chi connectivity index (χ1n) is 9.95. The van der Waals surface area contributed by atoms with Gasteiger partial charge in [0.2, 0.25) is 0 Å². The molecule has 2 radical (unpaired) electrons. The number of aromatic hydroxyl groups is 1. The molecule has 5 N–H and O–H groups in total. The van der Waals surface area contributed by atoms with Crippen molar-refractivity contribution >= 4 is 5.97 Å². The average Bonchev–Trinajstić information content (AvgIpc) is 2.74. The Kier molecular flexibility index (Phi) is 9.42. The summed E-state index contributed by atoms with van der Waals surface area (Å²) in [6, 6.07) is 9.86. The molecule has 2 aromatic rings. The van der Waals surface area contributed by atoms with Crippen LogP contribution in [0.2, 0.25) is 0 Å². The molecule has 0 fully saturated rings. The highest BCUT2D eigenvalue weighted by molar-refractivity contribution is 5.69. The van der Waals surface area contributed by atoms with Crippen LogP contribution in [0.15, 0.2) is 36.4 Å². The van der Waals surface area contributed by atoms with Gasteiger partial charge >= 0.3 is 5.97 Å². The number of hydrogen-bond acceptors (Lipinski definition) is 7. The third kappa shape index (κ3) is 6.75. The van der Waals surface area contributed by atoms with E-state index in [2.05, 4.69) is 0 Å². The standard InChI is InChI=1S/C23H30N2O6/c1-16-17(5-3-7-19(16)13-26)10-25(12-22(29)30)21(15-28)11-24(2)9-18-6-4-8-20(14-27)23(18)31/h2-8,21,26-28,31H,9-15H2,1H3,(H,29,30). The van der Waals surface area contributed by atoms with Crippen LogP contribution in [-0.4, -0.2) is 67.0 Å². The quantitative estimate of drug-likeness (QED) is 0.317. The number of nitrogens with zero attached hydrogens (tertiary/aromatic N) is 2. The second-order valence-electron chi connectivity index (χ2n) is 7.51. The molecule has 0 amide bonds. The van der Waals surface area contributed by atoms with Gasteiger partial charge in [0.25, 0.3) is 0 Å². The molecule has 1 unspecified atom stereocenters. The van der Waals surface area contributed by atoms with E-state index in [4.69, 9.17) is 7.05 Å². The van der Waals surface area contributed by atoms with Crippen molar-refractivity contribution in [2.45, 2.75) is 39.3 Å². The first-order chi connectivity index (χ1) is 14.8. The van der Waals surface area contributed by atoms with E-state index in [9.17, 15) is 30.3 Å². The molecule has 168 valence electrons. The van der Waals surface area contributed by atoms with E-state index in [0.29, 0.717) is 11.1 Å². The van der Waals surface area contributed by atoms with Gasteiger partial charge in [-0.15, -0.1) is 0 Å². The first-order valence-corrected chi connectivity index (χ1v) is 9.95. The summed E-state index contributed by atoms with van der Waals surface area (Å²) >= 11 is 0. The van der Waals surface area contributed by atoms with Crippen LogP contribution in [0.5, 0.6) is 5.75 Å². The maximum Gasteiger partial charge on any atom is 0.317 e. The fourth-order valence-electron chi connectivity index (χ4n) is 3.53. The molecule has 31 heavy (non-hydrogen) atoms. The number of aliphatic hydroxyl groups is 3. The third-order valence-electron chi connectivity index (χ3n) is 5.36. The van der Waals surface area contributed by atoms with E-state index in [1.54, 1.807) is 35.2 Å². The molecule has 0 aliphatic carbocycles. The number of aliphatic carboxylic acids is 1. The zero-order chi connectivity index (χ0) is 23.0. The lowest BCUT2D eigenvalue weighted by Gasteiger charge is -2.32. The highest BCUT2D eigenvalue weighted by Gasteiger charge is 2.23. The Balaban J connectivity index is 2.18. The van der Waals surface area contributed by atoms with Gasteiger partial charge in [-0.2, -0.15) is 0 Å². The van der Waals surface area contributed by atoms with Crippen molar-refractivity contribution in [3.63, 3.8) is 0 Å². The Hall–Kier alpha value is -2.49. The van der Waals surface area contributed by atoms with Crippen molar-refractivity contribution in [1.29, 1.82) is 0 Å². The maximum absolute atomic E-state index is 11.5. The normalized spacial score (nSPS) is 12.5. The fraction of sp³-hybridized carbons (Fsp3) is 0.391. The minimum Gasteiger partial charge on any atom is -0.507 e. The molecule has 0 aliphatic heterocycles. The highest BCUT2D eigenvalue weighted by Crippen LogP contribution is 2.24. The van der Waals surface area contributed by atoms with Gasteiger partial charge in [-0.1, -0.05) is 36.4 Å².